The molecule has 3 aromatic rings. The van der Waals surface area contributed by atoms with E-state index in [-0.39, 0.29) is 5.75 Å². The molecule has 0 atom stereocenters. The summed E-state index contributed by atoms with van der Waals surface area (Å²) in [6, 6.07) is 12.1. The zero-order chi connectivity index (χ0) is 15.5. The van der Waals surface area contributed by atoms with Crippen LogP contribution in [0.3, 0.4) is 0 Å². The third kappa shape index (κ3) is 2.98. The van der Waals surface area contributed by atoms with Crippen LogP contribution in [0.4, 0.5) is 5.95 Å². The van der Waals surface area contributed by atoms with Gasteiger partial charge in [0.15, 0.2) is 0 Å². The molecule has 1 heterocycles. The maximum atomic E-state index is 9.46. The Kier molecular flexibility index (Phi) is 4.13. The van der Waals surface area contributed by atoms with Gasteiger partial charge in [0.25, 0.3) is 0 Å². The summed E-state index contributed by atoms with van der Waals surface area (Å²) in [5.41, 5.74) is 1.48. The number of phenols is 1. The van der Waals surface area contributed by atoms with Crippen molar-refractivity contribution in [1.29, 1.82) is 0 Å². The van der Waals surface area contributed by atoms with Crippen LogP contribution in [-0.4, -0.2) is 25.3 Å². The molecule has 1 aromatic heterocycles. The van der Waals surface area contributed by atoms with Gasteiger partial charge in [-0.3, -0.25) is 0 Å². The van der Waals surface area contributed by atoms with E-state index in [2.05, 4.69) is 20.8 Å². The monoisotopic (exact) mass is 335 g/mol. The zero-order valence-corrected chi connectivity index (χ0v) is 12.8. The largest absolute Gasteiger partial charge is 0.508 e. The number of benzene rings is 2. The lowest BCUT2D eigenvalue weighted by Gasteiger charge is -2.09. The minimum atomic E-state index is 0.205. The third-order valence-corrected chi connectivity index (χ3v) is 3.80. The van der Waals surface area contributed by atoms with Crippen molar-refractivity contribution in [2.45, 2.75) is 6.54 Å². The van der Waals surface area contributed by atoms with E-state index in [9.17, 15) is 5.11 Å². The lowest BCUT2D eigenvalue weighted by Crippen LogP contribution is -2.08. The molecular weight excluding hydrogens is 325 g/mol. The number of phenolic OH excluding ortho intramolecular Hbond substituents is 1. The molecule has 8 heteroatoms. The fourth-order valence-corrected chi connectivity index (χ4v) is 2.34. The molecule has 3 rings (SSSR count). The predicted octanol–water partition coefficient (Wildman–Crippen LogP) is 3.29. The van der Waals surface area contributed by atoms with E-state index in [1.807, 2.05) is 6.07 Å². The lowest BCUT2D eigenvalue weighted by atomic mass is 10.2. The van der Waals surface area contributed by atoms with Crippen LogP contribution in [0, 0.1) is 0 Å². The van der Waals surface area contributed by atoms with E-state index >= 15 is 0 Å². The molecule has 2 N–H and O–H groups in total. The summed E-state index contributed by atoms with van der Waals surface area (Å²) in [5.74, 6) is 0.629. The maximum absolute atomic E-state index is 9.46. The standard InChI is InChI=1S/C14H11Cl2N5O/c15-11-5-2-6-12(13(11)16)21-14(18-19-20-21)17-8-9-3-1-4-10(22)7-9/h1-7,22H,8H2,(H,17,18,20). The summed E-state index contributed by atoms with van der Waals surface area (Å²) in [4.78, 5) is 0. The summed E-state index contributed by atoms with van der Waals surface area (Å²) in [6.45, 7) is 0.451. The van der Waals surface area contributed by atoms with Crippen LogP contribution in [0.25, 0.3) is 5.69 Å². The normalized spacial score (nSPS) is 10.6. The molecule has 0 bridgehead atoms. The number of nitrogens with zero attached hydrogens (tertiary/aromatic N) is 4. The molecule has 0 aliphatic carbocycles. The molecule has 0 aliphatic rings. The number of nitrogens with one attached hydrogen (secondary N) is 1. The number of tetrazole rings is 1. The van der Waals surface area contributed by atoms with Crippen molar-refractivity contribution in [3.05, 3.63) is 58.1 Å². The predicted molar refractivity (Wildman–Crippen MR) is 84.6 cm³/mol. The quantitative estimate of drug-likeness (QED) is 0.765. The molecule has 0 aliphatic heterocycles. The number of aromatic hydroxyl groups is 1. The van der Waals surface area contributed by atoms with Gasteiger partial charge in [-0.25, -0.2) is 0 Å². The SMILES string of the molecule is Oc1cccc(CNc2nnnn2-c2cccc(Cl)c2Cl)c1. The number of aromatic nitrogens is 4. The average molecular weight is 336 g/mol. The fraction of sp³-hybridized carbons (Fsp3) is 0.0714. The molecule has 22 heavy (non-hydrogen) atoms. The van der Waals surface area contributed by atoms with Crippen molar-refractivity contribution >= 4 is 29.2 Å². The summed E-state index contributed by atoms with van der Waals surface area (Å²) < 4.78 is 1.47. The minimum absolute atomic E-state index is 0.205. The van der Waals surface area contributed by atoms with Gasteiger partial charge in [-0.1, -0.05) is 46.5 Å². The van der Waals surface area contributed by atoms with Crippen molar-refractivity contribution in [2.24, 2.45) is 0 Å². The maximum Gasteiger partial charge on any atom is 0.248 e. The van der Waals surface area contributed by atoms with Gasteiger partial charge in [0, 0.05) is 6.54 Å². The highest BCUT2D eigenvalue weighted by atomic mass is 35.5. The highest BCUT2D eigenvalue weighted by Gasteiger charge is 2.13. The molecule has 0 saturated carbocycles. The van der Waals surface area contributed by atoms with E-state index in [0.717, 1.165) is 5.56 Å². The Bertz CT molecular complexity index is 805. The van der Waals surface area contributed by atoms with E-state index in [1.165, 1.54) is 4.68 Å². The van der Waals surface area contributed by atoms with Crippen LogP contribution >= 0.6 is 23.2 Å². The van der Waals surface area contributed by atoms with Crippen molar-refractivity contribution in [1.82, 2.24) is 20.2 Å². The number of hydrogen-bond acceptors (Lipinski definition) is 5. The Labute approximate surface area is 136 Å². The third-order valence-electron chi connectivity index (χ3n) is 2.99. The second kappa shape index (κ2) is 6.21. The summed E-state index contributed by atoms with van der Waals surface area (Å²) in [6.07, 6.45) is 0. The first kappa shape index (κ1) is 14.6. The Morgan fingerprint density at radius 2 is 1.95 bits per heavy atom. The van der Waals surface area contributed by atoms with E-state index in [4.69, 9.17) is 23.2 Å². The molecule has 0 spiro atoms. The first-order chi connectivity index (χ1) is 10.6. The van der Waals surface area contributed by atoms with Crippen molar-refractivity contribution in [3.63, 3.8) is 0 Å². The molecule has 2 aromatic carbocycles. The molecule has 0 saturated heterocycles. The molecule has 0 amide bonds. The molecule has 112 valence electrons. The van der Waals surface area contributed by atoms with Gasteiger partial charge in [-0.05, 0) is 40.3 Å². The number of rotatable bonds is 4. The van der Waals surface area contributed by atoms with Crippen LogP contribution in [0.5, 0.6) is 5.75 Å². The minimum Gasteiger partial charge on any atom is -0.508 e. The zero-order valence-electron chi connectivity index (χ0n) is 11.2. The van der Waals surface area contributed by atoms with Gasteiger partial charge in [0.2, 0.25) is 5.95 Å². The molecule has 0 radical (unpaired) electrons. The Morgan fingerprint density at radius 3 is 2.77 bits per heavy atom. The van der Waals surface area contributed by atoms with Gasteiger partial charge in [0.1, 0.15) is 5.75 Å². The average Bonchev–Trinajstić information content (AvgIpc) is 2.96. The Morgan fingerprint density at radius 1 is 1.14 bits per heavy atom. The van der Waals surface area contributed by atoms with E-state index < -0.39 is 0 Å². The number of halogens is 2. The second-order valence-corrected chi connectivity index (χ2v) is 5.30. The summed E-state index contributed by atoms with van der Waals surface area (Å²) in [5, 5.41) is 24.9. The fourth-order valence-electron chi connectivity index (χ4n) is 1.96. The summed E-state index contributed by atoms with van der Waals surface area (Å²) >= 11 is 12.2. The van der Waals surface area contributed by atoms with Gasteiger partial charge >= 0.3 is 0 Å². The summed E-state index contributed by atoms with van der Waals surface area (Å²) in [7, 11) is 0. The second-order valence-electron chi connectivity index (χ2n) is 4.51. The van der Waals surface area contributed by atoms with Crippen LogP contribution in [0.2, 0.25) is 10.0 Å². The number of hydrogen-bond donors (Lipinski definition) is 2. The first-order valence-electron chi connectivity index (χ1n) is 6.39. The van der Waals surface area contributed by atoms with Crippen LogP contribution in [-0.2, 0) is 6.54 Å². The number of anilines is 1. The van der Waals surface area contributed by atoms with Crippen LogP contribution < -0.4 is 5.32 Å². The molecule has 6 nitrogen and oxygen atoms in total. The lowest BCUT2D eigenvalue weighted by molar-refractivity contribution is 0.474. The Hall–Kier alpha value is -2.31. The topological polar surface area (TPSA) is 75.9 Å². The smallest absolute Gasteiger partial charge is 0.248 e. The van der Waals surface area contributed by atoms with Crippen molar-refractivity contribution < 1.29 is 5.11 Å². The van der Waals surface area contributed by atoms with Crippen LogP contribution in [0.15, 0.2) is 42.5 Å². The van der Waals surface area contributed by atoms with Gasteiger partial charge < -0.3 is 10.4 Å². The molecular formula is C14H11Cl2N5O. The van der Waals surface area contributed by atoms with Gasteiger partial charge in [-0.15, -0.1) is 0 Å². The highest BCUT2D eigenvalue weighted by Crippen LogP contribution is 2.29. The van der Waals surface area contributed by atoms with Crippen molar-refractivity contribution in [3.8, 4) is 11.4 Å². The first-order valence-corrected chi connectivity index (χ1v) is 7.15. The molecule has 0 unspecified atom stereocenters. The van der Waals surface area contributed by atoms with E-state index in [1.54, 1.807) is 36.4 Å². The van der Waals surface area contributed by atoms with Gasteiger partial charge in [-0.2, -0.15) is 4.68 Å². The Balaban J connectivity index is 1.85. The van der Waals surface area contributed by atoms with E-state index in [0.29, 0.717) is 28.2 Å². The van der Waals surface area contributed by atoms with Gasteiger partial charge in [0.05, 0.1) is 15.7 Å². The molecule has 0 fully saturated rings. The van der Waals surface area contributed by atoms with Crippen LogP contribution in [0.1, 0.15) is 5.56 Å². The van der Waals surface area contributed by atoms with Crippen molar-refractivity contribution in [2.75, 3.05) is 5.32 Å². The highest BCUT2D eigenvalue weighted by molar-refractivity contribution is 6.43.